The van der Waals surface area contributed by atoms with Crippen molar-refractivity contribution in [3.05, 3.63) is 258 Å². The van der Waals surface area contributed by atoms with Gasteiger partial charge in [0, 0.05) is 18.6 Å². The van der Waals surface area contributed by atoms with E-state index in [2.05, 4.69) is 169 Å². The quantitative estimate of drug-likeness (QED) is 0.108. The number of pyridine rings is 3. The molecule has 0 bridgehead atoms. The molecular weight excluding hydrogens is 1020 g/mol. The summed E-state index contributed by atoms with van der Waals surface area (Å²) in [6, 6.07) is 76.7. The molecule has 0 spiro atoms. The van der Waals surface area contributed by atoms with E-state index < -0.39 is 0 Å². The molecule has 10 aromatic rings. The molecule has 3 aromatic heterocycles. The van der Waals surface area contributed by atoms with Gasteiger partial charge >= 0.3 is 20.1 Å². The standard InChI is InChI=1S/C64H47N4.Ir/c1-44-37-64(68-43-45(44)2)56-33-34-60(61(41-56)53-31-29-52(30-32-53)51-23-21-48(42-65)22-24-51)59-10-4-3-9-58(59)57-39-49(15-13-46-17-25-54(26-18-46)62-11-5-7-35-66-62)38-50(40-57)16-14-47-19-27-55(28-20-47)63-12-6-8-36-67-63;/h3-12,17-25,27,29-32,34-41,43H,13-16H2,1-2H3;/q-3;+3. The monoisotopic (exact) mass is 1060 g/mol. The van der Waals surface area contributed by atoms with Gasteiger partial charge in [-0.3, -0.25) is 0 Å². The second-order valence-corrected chi connectivity index (χ2v) is 17.3. The van der Waals surface area contributed by atoms with Crippen LogP contribution in [0.2, 0.25) is 0 Å². The maximum absolute atomic E-state index is 9.38. The number of benzene rings is 7. The molecule has 69 heavy (non-hydrogen) atoms. The molecule has 10 rings (SSSR count). The fourth-order valence-corrected chi connectivity index (χ4v) is 8.79. The van der Waals surface area contributed by atoms with E-state index in [4.69, 9.17) is 4.98 Å². The fraction of sp³-hybridized carbons (Fsp3) is 0.0938. The first kappa shape index (κ1) is 46.2. The van der Waals surface area contributed by atoms with E-state index in [1.165, 1.54) is 33.4 Å². The van der Waals surface area contributed by atoms with Crippen LogP contribution >= 0.6 is 0 Å². The van der Waals surface area contributed by atoms with Crippen LogP contribution < -0.4 is 0 Å². The topological polar surface area (TPSA) is 62.5 Å². The molecule has 0 radical (unpaired) electrons. The number of hydrogen-bond acceptors (Lipinski definition) is 4. The first-order chi connectivity index (χ1) is 33.4. The molecule has 3 heterocycles. The largest absolute Gasteiger partial charge is 3.00 e. The van der Waals surface area contributed by atoms with Crippen LogP contribution in [0.3, 0.4) is 0 Å². The van der Waals surface area contributed by atoms with Crippen LogP contribution in [-0.2, 0) is 45.8 Å². The van der Waals surface area contributed by atoms with Gasteiger partial charge in [0.15, 0.2) is 0 Å². The Balaban J connectivity index is 0.00000593. The van der Waals surface area contributed by atoms with E-state index in [-0.39, 0.29) is 20.1 Å². The second kappa shape index (κ2) is 21.4. The van der Waals surface area contributed by atoms with Gasteiger partial charge in [0.2, 0.25) is 0 Å². The third kappa shape index (κ3) is 10.8. The van der Waals surface area contributed by atoms with Gasteiger partial charge in [-0.25, -0.2) is 0 Å². The summed E-state index contributed by atoms with van der Waals surface area (Å²) in [6.45, 7) is 4.22. The van der Waals surface area contributed by atoms with Crippen molar-refractivity contribution in [2.45, 2.75) is 39.5 Å². The Labute approximate surface area is 419 Å². The van der Waals surface area contributed by atoms with E-state index in [1.807, 2.05) is 79.3 Å². The minimum Gasteiger partial charge on any atom is -0.305 e. The number of aryl methyl sites for hydroxylation is 6. The molecule has 4 nitrogen and oxygen atoms in total. The number of nitrogens with zero attached hydrogens (tertiary/aromatic N) is 4. The predicted molar refractivity (Wildman–Crippen MR) is 276 cm³/mol. The van der Waals surface area contributed by atoms with Crippen LogP contribution in [-0.4, -0.2) is 15.0 Å². The van der Waals surface area contributed by atoms with Crippen molar-refractivity contribution in [3.8, 4) is 84.3 Å². The van der Waals surface area contributed by atoms with Crippen LogP contribution in [0.5, 0.6) is 0 Å². The number of hydrogen-bond donors (Lipinski definition) is 0. The van der Waals surface area contributed by atoms with Crippen molar-refractivity contribution in [2.24, 2.45) is 0 Å². The summed E-state index contributed by atoms with van der Waals surface area (Å²) in [7, 11) is 0. The van der Waals surface area contributed by atoms with E-state index >= 15 is 0 Å². The van der Waals surface area contributed by atoms with Crippen LogP contribution in [0, 0.1) is 43.4 Å². The van der Waals surface area contributed by atoms with Crippen molar-refractivity contribution in [2.75, 3.05) is 0 Å². The summed E-state index contributed by atoms with van der Waals surface area (Å²) < 4.78 is 0. The van der Waals surface area contributed by atoms with Crippen LogP contribution in [0.15, 0.2) is 201 Å². The van der Waals surface area contributed by atoms with Gasteiger partial charge in [-0.05, 0) is 113 Å². The first-order valence-corrected chi connectivity index (χ1v) is 23.1. The second-order valence-electron chi connectivity index (χ2n) is 17.3. The fourth-order valence-electron chi connectivity index (χ4n) is 8.79. The van der Waals surface area contributed by atoms with Crippen molar-refractivity contribution >= 4 is 0 Å². The van der Waals surface area contributed by atoms with Crippen molar-refractivity contribution < 1.29 is 20.1 Å². The third-order valence-electron chi connectivity index (χ3n) is 12.8. The van der Waals surface area contributed by atoms with E-state index in [0.717, 1.165) is 104 Å². The maximum atomic E-state index is 9.38. The Hall–Kier alpha value is -7.87. The van der Waals surface area contributed by atoms with Gasteiger partial charge in [-0.1, -0.05) is 144 Å². The molecule has 0 N–H and O–H groups in total. The number of aromatic nitrogens is 3. The zero-order valence-corrected chi connectivity index (χ0v) is 40.9. The van der Waals surface area contributed by atoms with Gasteiger partial charge in [0.05, 0.1) is 11.6 Å². The molecular formula is C64H47IrN4. The summed E-state index contributed by atoms with van der Waals surface area (Å²) in [5.41, 5.74) is 22.7. The van der Waals surface area contributed by atoms with E-state index in [1.54, 1.807) is 0 Å². The molecule has 0 saturated heterocycles. The van der Waals surface area contributed by atoms with Gasteiger partial charge in [-0.2, -0.15) is 5.26 Å². The average Bonchev–Trinajstić information content (AvgIpc) is 3.41. The smallest absolute Gasteiger partial charge is 0.305 e. The van der Waals surface area contributed by atoms with Gasteiger partial charge in [0.25, 0.3) is 0 Å². The summed E-state index contributed by atoms with van der Waals surface area (Å²) in [6.07, 6.45) is 9.14. The molecule has 0 unspecified atom stereocenters. The van der Waals surface area contributed by atoms with Crippen LogP contribution in [0.1, 0.15) is 38.9 Å². The Bertz CT molecular complexity index is 3270. The SMILES string of the molecule is Cc1cnc(-c2[c-]cc(-c3ccccc3-c3cc(CCc4c[c-]c(-c5ccccn5)cc4)cc(CCc4c[c-]c(-c5ccccn5)cc4)c3)c(-c3ccc(-c4ccc(C#N)cc4)cc3)c2)cc1C.[Ir+3]. The van der Waals surface area contributed by atoms with E-state index in [9.17, 15) is 5.26 Å². The molecule has 0 aliphatic carbocycles. The normalized spacial score (nSPS) is 10.9. The summed E-state index contributed by atoms with van der Waals surface area (Å²) >= 11 is 0. The number of rotatable bonds is 13. The molecule has 0 fully saturated rings. The van der Waals surface area contributed by atoms with Crippen molar-refractivity contribution in [1.82, 2.24) is 15.0 Å². The minimum atomic E-state index is 0. The zero-order valence-electron chi connectivity index (χ0n) is 38.5. The van der Waals surface area contributed by atoms with Gasteiger partial charge in [-0.15, -0.1) is 94.5 Å². The molecule has 0 atom stereocenters. The van der Waals surface area contributed by atoms with Gasteiger partial charge in [0.1, 0.15) is 0 Å². The Morgan fingerprint density at radius 3 is 1.48 bits per heavy atom. The molecule has 0 aliphatic rings. The Morgan fingerprint density at radius 1 is 0.406 bits per heavy atom. The maximum Gasteiger partial charge on any atom is 3.00 e. The van der Waals surface area contributed by atoms with E-state index in [0.29, 0.717) is 5.56 Å². The molecule has 0 aliphatic heterocycles. The van der Waals surface area contributed by atoms with Crippen molar-refractivity contribution in [1.29, 1.82) is 5.26 Å². The molecule has 0 saturated carbocycles. The summed E-state index contributed by atoms with van der Waals surface area (Å²) in [5, 5.41) is 9.38. The molecule has 0 amide bonds. The summed E-state index contributed by atoms with van der Waals surface area (Å²) in [4.78, 5) is 13.9. The minimum absolute atomic E-state index is 0. The zero-order chi connectivity index (χ0) is 46.2. The third-order valence-corrected chi connectivity index (χ3v) is 12.8. The van der Waals surface area contributed by atoms with Crippen molar-refractivity contribution in [3.63, 3.8) is 0 Å². The number of nitriles is 1. The average molecular weight is 1060 g/mol. The predicted octanol–water partition coefficient (Wildman–Crippen LogP) is 15.0. The van der Waals surface area contributed by atoms with Gasteiger partial charge < -0.3 is 15.0 Å². The van der Waals surface area contributed by atoms with Crippen LogP contribution in [0.25, 0.3) is 78.3 Å². The first-order valence-electron chi connectivity index (χ1n) is 23.1. The molecule has 5 heteroatoms. The summed E-state index contributed by atoms with van der Waals surface area (Å²) in [5.74, 6) is 0. The molecule has 7 aromatic carbocycles. The molecule has 332 valence electrons. The van der Waals surface area contributed by atoms with Crippen LogP contribution in [0.4, 0.5) is 0 Å². The Morgan fingerprint density at radius 2 is 0.942 bits per heavy atom. The Kier molecular flexibility index (Phi) is 14.3.